The fraction of sp³-hybridized carbons (Fsp3) is 0.118. The fourth-order valence-corrected chi connectivity index (χ4v) is 2.69. The van der Waals surface area contributed by atoms with Crippen LogP contribution in [0.2, 0.25) is 0 Å². The van der Waals surface area contributed by atoms with E-state index in [4.69, 9.17) is 20.9 Å². The van der Waals surface area contributed by atoms with Gasteiger partial charge in [0.25, 0.3) is 0 Å². The first-order valence-electron chi connectivity index (χ1n) is 7.53. The maximum absolute atomic E-state index is 14.1. The second-order valence-electron chi connectivity index (χ2n) is 5.50. The monoisotopic (exact) mass is 339 g/mol. The Balaban J connectivity index is 1.78. The number of aromatic nitrogens is 2. The second-order valence-corrected chi connectivity index (χ2v) is 5.50. The van der Waals surface area contributed by atoms with Crippen molar-refractivity contribution >= 4 is 22.7 Å². The highest BCUT2D eigenvalue weighted by Gasteiger charge is 2.15. The Bertz CT molecular complexity index is 1000. The number of aliphatic imine (C=N–C) groups is 1. The molecule has 1 aliphatic heterocycles. The van der Waals surface area contributed by atoms with Gasteiger partial charge in [-0.15, -0.1) is 0 Å². The van der Waals surface area contributed by atoms with Crippen LogP contribution in [0.5, 0.6) is 11.5 Å². The van der Waals surface area contributed by atoms with Crippen LogP contribution in [0.15, 0.2) is 41.4 Å². The molecule has 0 radical (unpaired) electrons. The Morgan fingerprint density at radius 1 is 1.12 bits per heavy atom. The summed E-state index contributed by atoms with van der Waals surface area (Å²) in [4.78, 5) is 12.7. The molecule has 0 bridgehead atoms. The van der Waals surface area contributed by atoms with Crippen molar-refractivity contribution in [3.8, 4) is 11.5 Å². The largest absolute Gasteiger partial charge is 0.454 e. The van der Waals surface area contributed by atoms with E-state index in [1.54, 1.807) is 12.1 Å². The van der Waals surface area contributed by atoms with Crippen molar-refractivity contribution in [2.45, 2.75) is 6.42 Å². The normalized spacial score (nSPS) is 12.4. The number of rotatable bonds is 3. The van der Waals surface area contributed by atoms with Gasteiger partial charge in [-0.05, 0) is 29.8 Å². The summed E-state index contributed by atoms with van der Waals surface area (Å²) in [6.45, 7) is 0.208. The maximum atomic E-state index is 14.1. The minimum atomic E-state index is -0.480. The molecule has 4 N–H and O–H groups in total. The number of benzene rings is 2. The van der Waals surface area contributed by atoms with Crippen molar-refractivity contribution in [3.63, 3.8) is 0 Å². The van der Waals surface area contributed by atoms with E-state index < -0.39 is 5.82 Å². The number of guanidine groups is 1. The molecule has 2 aromatic carbocycles. The first kappa shape index (κ1) is 15.1. The summed E-state index contributed by atoms with van der Waals surface area (Å²) in [6, 6.07) is 10.2. The summed E-state index contributed by atoms with van der Waals surface area (Å²) in [5.74, 6) is 1.28. The molecule has 0 fully saturated rings. The van der Waals surface area contributed by atoms with E-state index in [0.717, 1.165) is 5.56 Å². The summed E-state index contributed by atoms with van der Waals surface area (Å²) in [5, 5.41) is 0.185. The highest BCUT2D eigenvalue weighted by molar-refractivity contribution is 5.91. The van der Waals surface area contributed by atoms with Crippen LogP contribution in [-0.2, 0) is 6.42 Å². The molecule has 8 heteroatoms. The van der Waals surface area contributed by atoms with Crippen LogP contribution in [0, 0.1) is 5.82 Å². The quantitative estimate of drug-likeness (QED) is 0.558. The zero-order chi connectivity index (χ0) is 17.4. The molecule has 1 aliphatic rings. The first-order valence-corrected chi connectivity index (χ1v) is 7.53. The van der Waals surface area contributed by atoms with E-state index in [2.05, 4.69) is 15.0 Å². The van der Waals surface area contributed by atoms with Crippen LogP contribution in [0.1, 0.15) is 11.4 Å². The summed E-state index contributed by atoms with van der Waals surface area (Å²) >= 11 is 0. The number of hydrogen-bond donors (Lipinski definition) is 2. The molecule has 0 aliphatic carbocycles. The van der Waals surface area contributed by atoms with Gasteiger partial charge in [-0.1, -0.05) is 12.1 Å². The standard InChI is InChI=1S/C17H14FN5O2/c18-10-2-1-3-11-15(10)16(23-17(19)20)22-14(21-11)7-9-4-5-12-13(6-9)25-8-24-12/h1-6H,7-8H2,(H4,19,20,21,22,23). The van der Waals surface area contributed by atoms with Gasteiger partial charge in [0.1, 0.15) is 11.6 Å². The molecular weight excluding hydrogens is 325 g/mol. The zero-order valence-electron chi connectivity index (χ0n) is 13.1. The Labute approximate surface area is 142 Å². The van der Waals surface area contributed by atoms with Gasteiger partial charge >= 0.3 is 0 Å². The smallest absolute Gasteiger partial charge is 0.231 e. The minimum Gasteiger partial charge on any atom is -0.454 e. The molecular formula is C17H14FN5O2. The highest BCUT2D eigenvalue weighted by atomic mass is 19.1. The molecule has 0 amide bonds. The van der Waals surface area contributed by atoms with Crippen LogP contribution in [0.3, 0.4) is 0 Å². The van der Waals surface area contributed by atoms with Crippen LogP contribution in [0.25, 0.3) is 10.9 Å². The summed E-state index contributed by atoms with van der Waals surface area (Å²) < 4.78 is 24.8. The number of ether oxygens (including phenoxy) is 2. The molecule has 0 saturated carbocycles. The van der Waals surface area contributed by atoms with Crippen LogP contribution < -0.4 is 20.9 Å². The van der Waals surface area contributed by atoms with Crippen molar-refractivity contribution in [3.05, 3.63) is 53.6 Å². The molecule has 2 heterocycles. The number of nitrogens with zero attached hydrogens (tertiary/aromatic N) is 3. The molecule has 7 nitrogen and oxygen atoms in total. The van der Waals surface area contributed by atoms with Gasteiger partial charge < -0.3 is 20.9 Å². The molecule has 4 rings (SSSR count). The molecule has 0 atom stereocenters. The summed E-state index contributed by atoms with van der Waals surface area (Å²) in [5.41, 5.74) is 12.3. The van der Waals surface area contributed by atoms with Gasteiger partial charge in [0.2, 0.25) is 6.79 Å². The van der Waals surface area contributed by atoms with Crippen molar-refractivity contribution in [2.75, 3.05) is 6.79 Å². The lowest BCUT2D eigenvalue weighted by molar-refractivity contribution is 0.174. The first-order chi connectivity index (χ1) is 12.1. The van der Waals surface area contributed by atoms with E-state index >= 15 is 0 Å². The maximum Gasteiger partial charge on any atom is 0.231 e. The summed E-state index contributed by atoms with van der Waals surface area (Å²) in [7, 11) is 0. The third-order valence-electron chi connectivity index (χ3n) is 3.73. The van der Waals surface area contributed by atoms with E-state index in [0.29, 0.717) is 29.3 Å². The van der Waals surface area contributed by atoms with E-state index in [1.807, 2.05) is 18.2 Å². The number of nitrogens with two attached hydrogens (primary N) is 2. The van der Waals surface area contributed by atoms with Gasteiger partial charge in [-0.3, -0.25) is 0 Å². The predicted molar refractivity (Wildman–Crippen MR) is 90.3 cm³/mol. The van der Waals surface area contributed by atoms with E-state index in [1.165, 1.54) is 6.07 Å². The topological polar surface area (TPSA) is 109 Å². The van der Waals surface area contributed by atoms with Gasteiger partial charge in [0.15, 0.2) is 23.3 Å². The van der Waals surface area contributed by atoms with E-state index in [-0.39, 0.29) is 24.0 Å². The van der Waals surface area contributed by atoms with Crippen LogP contribution in [0.4, 0.5) is 10.2 Å². The molecule has 0 spiro atoms. The molecule has 0 saturated heterocycles. The average molecular weight is 339 g/mol. The van der Waals surface area contributed by atoms with Gasteiger partial charge in [0.05, 0.1) is 10.9 Å². The van der Waals surface area contributed by atoms with Gasteiger partial charge in [-0.2, -0.15) is 4.99 Å². The Morgan fingerprint density at radius 2 is 1.96 bits per heavy atom. The van der Waals surface area contributed by atoms with Crippen molar-refractivity contribution < 1.29 is 13.9 Å². The molecule has 0 unspecified atom stereocenters. The number of hydrogen-bond acceptors (Lipinski definition) is 5. The molecule has 3 aromatic rings. The SMILES string of the molecule is NC(N)=Nc1nc(Cc2ccc3c(c2)OCO3)nc2cccc(F)c12. The van der Waals surface area contributed by atoms with Crippen molar-refractivity contribution in [2.24, 2.45) is 16.5 Å². The lowest BCUT2D eigenvalue weighted by Gasteiger charge is -2.07. The molecule has 126 valence electrons. The molecule has 1 aromatic heterocycles. The number of fused-ring (bicyclic) bond motifs is 2. The van der Waals surface area contributed by atoms with Gasteiger partial charge in [-0.25, -0.2) is 14.4 Å². The zero-order valence-corrected chi connectivity index (χ0v) is 13.1. The van der Waals surface area contributed by atoms with Crippen LogP contribution in [-0.4, -0.2) is 22.7 Å². The van der Waals surface area contributed by atoms with Crippen molar-refractivity contribution in [1.82, 2.24) is 9.97 Å². The minimum absolute atomic E-state index is 0.110. The lowest BCUT2D eigenvalue weighted by atomic mass is 10.1. The van der Waals surface area contributed by atoms with Crippen molar-refractivity contribution in [1.29, 1.82) is 0 Å². The lowest BCUT2D eigenvalue weighted by Crippen LogP contribution is -2.22. The third kappa shape index (κ3) is 2.89. The molecule has 25 heavy (non-hydrogen) atoms. The average Bonchev–Trinajstić information content (AvgIpc) is 3.02. The predicted octanol–water partition coefficient (Wildman–Crippen LogP) is 1.99. The number of halogens is 1. The Kier molecular flexibility index (Phi) is 3.57. The second kappa shape index (κ2) is 5.90. The highest BCUT2D eigenvalue weighted by Crippen LogP contribution is 2.33. The van der Waals surface area contributed by atoms with E-state index in [9.17, 15) is 4.39 Å². The Morgan fingerprint density at radius 3 is 2.80 bits per heavy atom. The fourth-order valence-electron chi connectivity index (χ4n) is 2.69. The van der Waals surface area contributed by atoms with Crippen LogP contribution >= 0.6 is 0 Å². The summed E-state index contributed by atoms with van der Waals surface area (Å²) in [6.07, 6.45) is 0.413. The van der Waals surface area contributed by atoms with Gasteiger partial charge in [0, 0.05) is 6.42 Å². The Hall–Kier alpha value is -3.42. The third-order valence-corrected chi connectivity index (χ3v) is 3.73.